The number of nitrogens with zero attached hydrogens (tertiary/aromatic N) is 2. The van der Waals surface area contributed by atoms with Gasteiger partial charge >= 0.3 is 0 Å². The number of aryl methyl sites for hydroxylation is 1. The summed E-state index contributed by atoms with van der Waals surface area (Å²) in [5.41, 5.74) is 3.71. The van der Waals surface area contributed by atoms with Crippen LogP contribution in [0.5, 0.6) is 11.5 Å². The summed E-state index contributed by atoms with van der Waals surface area (Å²) >= 11 is 7.83. The molecule has 1 aromatic heterocycles. The predicted molar refractivity (Wildman–Crippen MR) is 129 cm³/mol. The van der Waals surface area contributed by atoms with Crippen molar-refractivity contribution in [1.82, 2.24) is 4.98 Å². The van der Waals surface area contributed by atoms with Crippen LogP contribution in [-0.2, 0) is 11.3 Å². The molecule has 0 saturated carbocycles. The van der Waals surface area contributed by atoms with E-state index < -0.39 is 0 Å². The zero-order chi connectivity index (χ0) is 22.1. The van der Waals surface area contributed by atoms with E-state index in [1.165, 1.54) is 11.3 Å². The standard InChI is InChI=1S/C25H19ClN2O3S/c1-16-7-10-19(26)24-23(16)27-25(32-24)28(14-18-5-3-2-4-6-18)22(29)12-9-17-8-11-20-21(13-17)31-15-30-20/h2-13H,14-15H2,1H3/b12-9+. The first kappa shape index (κ1) is 20.5. The van der Waals surface area contributed by atoms with Gasteiger partial charge in [-0.3, -0.25) is 9.69 Å². The van der Waals surface area contributed by atoms with Gasteiger partial charge in [0, 0.05) is 6.08 Å². The molecule has 0 fully saturated rings. The van der Waals surface area contributed by atoms with Crippen molar-refractivity contribution in [3.63, 3.8) is 0 Å². The predicted octanol–water partition coefficient (Wildman–Crippen LogP) is 6.23. The lowest BCUT2D eigenvalue weighted by Crippen LogP contribution is -2.28. The number of aromatic nitrogens is 1. The van der Waals surface area contributed by atoms with Crippen LogP contribution in [0.15, 0.2) is 66.7 Å². The summed E-state index contributed by atoms with van der Waals surface area (Å²) in [6, 6.07) is 19.2. The summed E-state index contributed by atoms with van der Waals surface area (Å²) < 4.78 is 11.7. The fraction of sp³-hybridized carbons (Fsp3) is 0.120. The Kier molecular flexibility index (Phi) is 5.55. The highest BCUT2D eigenvalue weighted by Crippen LogP contribution is 2.36. The maximum Gasteiger partial charge on any atom is 0.253 e. The molecule has 7 heteroatoms. The minimum Gasteiger partial charge on any atom is -0.454 e. The van der Waals surface area contributed by atoms with Crippen molar-refractivity contribution in [3.05, 3.63) is 88.5 Å². The van der Waals surface area contributed by atoms with Crippen LogP contribution in [0.25, 0.3) is 16.3 Å². The van der Waals surface area contributed by atoms with Crippen LogP contribution >= 0.6 is 22.9 Å². The number of anilines is 1. The van der Waals surface area contributed by atoms with Gasteiger partial charge in [-0.25, -0.2) is 4.98 Å². The maximum absolute atomic E-state index is 13.3. The Morgan fingerprint density at radius 2 is 1.94 bits per heavy atom. The molecular formula is C25H19ClN2O3S. The molecule has 4 aromatic rings. The van der Waals surface area contributed by atoms with Crippen molar-refractivity contribution in [2.75, 3.05) is 11.7 Å². The minimum absolute atomic E-state index is 0.167. The van der Waals surface area contributed by atoms with Crippen LogP contribution in [0, 0.1) is 6.92 Å². The number of hydrogen-bond acceptors (Lipinski definition) is 5. The molecule has 3 aromatic carbocycles. The molecule has 5 nitrogen and oxygen atoms in total. The number of ether oxygens (including phenoxy) is 2. The van der Waals surface area contributed by atoms with E-state index in [-0.39, 0.29) is 12.7 Å². The molecule has 0 N–H and O–H groups in total. The van der Waals surface area contributed by atoms with E-state index >= 15 is 0 Å². The Hall–Kier alpha value is -3.35. The molecule has 0 unspecified atom stereocenters. The molecular weight excluding hydrogens is 444 g/mol. The molecule has 0 radical (unpaired) electrons. The van der Waals surface area contributed by atoms with E-state index in [9.17, 15) is 4.79 Å². The third-order valence-electron chi connectivity index (χ3n) is 5.18. The zero-order valence-electron chi connectivity index (χ0n) is 17.2. The first-order valence-corrected chi connectivity index (χ1v) is 11.3. The molecule has 1 amide bonds. The van der Waals surface area contributed by atoms with E-state index in [2.05, 4.69) is 0 Å². The number of benzene rings is 3. The van der Waals surface area contributed by atoms with Crippen LogP contribution in [0.3, 0.4) is 0 Å². The topological polar surface area (TPSA) is 51.7 Å². The summed E-state index contributed by atoms with van der Waals surface area (Å²) in [5.74, 6) is 1.22. The molecule has 0 saturated heterocycles. The third kappa shape index (κ3) is 4.07. The molecule has 0 bridgehead atoms. The lowest BCUT2D eigenvalue weighted by Gasteiger charge is -2.18. The van der Waals surface area contributed by atoms with Crippen molar-refractivity contribution in [3.8, 4) is 11.5 Å². The van der Waals surface area contributed by atoms with Gasteiger partial charge in [0.25, 0.3) is 5.91 Å². The van der Waals surface area contributed by atoms with Crippen LogP contribution in [0.2, 0.25) is 5.02 Å². The lowest BCUT2D eigenvalue weighted by molar-refractivity contribution is -0.114. The second kappa shape index (κ2) is 8.65. The number of halogens is 1. The van der Waals surface area contributed by atoms with E-state index in [0.29, 0.717) is 28.2 Å². The van der Waals surface area contributed by atoms with E-state index in [1.807, 2.05) is 67.6 Å². The molecule has 1 aliphatic heterocycles. The molecule has 1 aliphatic rings. The Bertz CT molecular complexity index is 1300. The van der Waals surface area contributed by atoms with Gasteiger partial charge in [0.2, 0.25) is 6.79 Å². The van der Waals surface area contributed by atoms with E-state index in [1.54, 1.807) is 17.1 Å². The molecule has 5 rings (SSSR count). The molecule has 0 aliphatic carbocycles. The first-order chi connectivity index (χ1) is 15.6. The Balaban J connectivity index is 1.49. The molecule has 32 heavy (non-hydrogen) atoms. The highest BCUT2D eigenvalue weighted by molar-refractivity contribution is 7.23. The smallest absolute Gasteiger partial charge is 0.253 e. The lowest BCUT2D eigenvalue weighted by atomic mass is 10.2. The summed E-state index contributed by atoms with van der Waals surface area (Å²) in [6.45, 7) is 2.61. The van der Waals surface area contributed by atoms with E-state index in [4.69, 9.17) is 26.1 Å². The Labute approximate surface area is 194 Å². The fourth-order valence-electron chi connectivity index (χ4n) is 3.49. The highest BCUT2D eigenvalue weighted by Gasteiger charge is 2.20. The highest BCUT2D eigenvalue weighted by atomic mass is 35.5. The normalized spacial score (nSPS) is 12.6. The van der Waals surface area contributed by atoms with Crippen molar-refractivity contribution < 1.29 is 14.3 Å². The summed E-state index contributed by atoms with van der Waals surface area (Å²) in [6.07, 6.45) is 3.33. The van der Waals surface area contributed by atoms with Crippen LogP contribution < -0.4 is 14.4 Å². The van der Waals surface area contributed by atoms with Crippen LogP contribution in [0.4, 0.5) is 5.13 Å². The van der Waals surface area contributed by atoms with Gasteiger partial charge in [-0.15, -0.1) is 0 Å². The number of rotatable bonds is 5. The van der Waals surface area contributed by atoms with Crippen molar-refractivity contribution in [2.24, 2.45) is 0 Å². The number of fused-ring (bicyclic) bond motifs is 2. The van der Waals surface area contributed by atoms with Gasteiger partial charge in [0.1, 0.15) is 0 Å². The third-order valence-corrected chi connectivity index (χ3v) is 6.72. The minimum atomic E-state index is -0.167. The number of hydrogen-bond donors (Lipinski definition) is 0. The van der Waals surface area contributed by atoms with Gasteiger partial charge in [-0.2, -0.15) is 0 Å². The Morgan fingerprint density at radius 3 is 2.75 bits per heavy atom. The zero-order valence-corrected chi connectivity index (χ0v) is 18.8. The average Bonchev–Trinajstić information content (AvgIpc) is 3.46. The van der Waals surface area contributed by atoms with Crippen LogP contribution in [-0.4, -0.2) is 17.7 Å². The van der Waals surface area contributed by atoms with E-state index in [0.717, 1.165) is 26.9 Å². The van der Waals surface area contributed by atoms with Crippen molar-refractivity contribution in [1.29, 1.82) is 0 Å². The summed E-state index contributed by atoms with van der Waals surface area (Å²) in [5, 5.41) is 1.25. The molecule has 160 valence electrons. The second-order valence-corrected chi connectivity index (χ2v) is 8.78. The fourth-order valence-corrected chi connectivity index (χ4v) is 4.81. The van der Waals surface area contributed by atoms with Gasteiger partial charge in [-0.05, 0) is 47.9 Å². The van der Waals surface area contributed by atoms with Gasteiger partial charge in [-0.1, -0.05) is 65.4 Å². The van der Waals surface area contributed by atoms with Gasteiger partial charge in [0.05, 0.1) is 21.8 Å². The SMILES string of the molecule is Cc1ccc(Cl)c2sc(N(Cc3ccccc3)C(=O)/C=C/c3ccc4c(c3)OCO4)nc12. The molecule has 2 heterocycles. The summed E-state index contributed by atoms with van der Waals surface area (Å²) in [7, 11) is 0. The Morgan fingerprint density at radius 1 is 1.12 bits per heavy atom. The number of thiazole rings is 1. The van der Waals surface area contributed by atoms with Gasteiger partial charge < -0.3 is 9.47 Å². The monoisotopic (exact) mass is 462 g/mol. The van der Waals surface area contributed by atoms with Crippen molar-refractivity contribution >= 4 is 50.3 Å². The first-order valence-electron chi connectivity index (χ1n) is 10.1. The number of carbonyl (C=O) groups excluding carboxylic acids is 1. The molecule has 0 spiro atoms. The van der Waals surface area contributed by atoms with Crippen LogP contribution in [0.1, 0.15) is 16.7 Å². The molecule has 0 atom stereocenters. The summed E-state index contributed by atoms with van der Waals surface area (Å²) in [4.78, 5) is 19.8. The van der Waals surface area contributed by atoms with Crippen molar-refractivity contribution in [2.45, 2.75) is 13.5 Å². The largest absolute Gasteiger partial charge is 0.454 e. The maximum atomic E-state index is 13.3. The quantitative estimate of drug-likeness (QED) is 0.330. The van der Waals surface area contributed by atoms with Gasteiger partial charge in [0.15, 0.2) is 16.6 Å². The number of amides is 1. The second-order valence-electron chi connectivity index (χ2n) is 7.39. The number of carbonyl (C=O) groups is 1. The average molecular weight is 463 g/mol.